The van der Waals surface area contributed by atoms with Crippen LogP contribution in [0.25, 0.3) is 0 Å². The van der Waals surface area contributed by atoms with Gasteiger partial charge in [-0.1, -0.05) is 12.1 Å². The van der Waals surface area contributed by atoms with E-state index in [1.807, 2.05) is 0 Å². The van der Waals surface area contributed by atoms with Crippen molar-refractivity contribution in [2.75, 3.05) is 11.9 Å². The minimum atomic E-state index is -1.03. The van der Waals surface area contributed by atoms with Gasteiger partial charge in [-0.15, -0.1) is 0 Å². The number of rotatable bonds is 3. The van der Waals surface area contributed by atoms with Gasteiger partial charge in [-0.3, -0.25) is 4.79 Å². The van der Waals surface area contributed by atoms with Crippen molar-refractivity contribution in [1.29, 1.82) is 0 Å². The van der Waals surface area contributed by atoms with E-state index < -0.39 is 5.97 Å². The smallest absolute Gasteiger partial charge is 0.338 e. The van der Waals surface area contributed by atoms with Gasteiger partial charge in [-0.25, -0.2) is 4.79 Å². The average molecular weight is 248 g/mol. The van der Waals surface area contributed by atoms with Crippen LogP contribution in [0.4, 0.5) is 5.69 Å². The molecule has 1 atom stereocenters. The van der Waals surface area contributed by atoms with E-state index in [2.05, 4.69) is 10.6 Å². The van der Waals surface area contributed by atoms with Crippen molar-refractivity contribution in [3.63, 3.8) is 0 Å². The summed E-state index contributed by atoms with van der Waals surface area (Å²) in [4.78, 5) is 23.1. The summed E-state index contributed by atoms with van der Waals surface area (Å²) >= 11 is 0. The maximum atomic E-state index is 11.9. The first kappa shape index (κ1) is 12.6. The molecule has 3 N–H and O–H groups in total. The average Bonchev–Trinajstić information content (AvgIpc) is 2.81. The number of nitrogens with one attached hydrogen (secondary N) is 2. The zero-order chi connectivity index (χ0) is 13.1. The van der Waals surface area contributed by atoms with Gasteiger partial charge >= 0.3 is 5.97 Å². The molecule has 0 spiro atoms. The first-order valence-corrected chi connectivity index (χ1v) is 5.97. The summed E-state index contributed by atoms with van der Waals surface area (Å²) in [5, 5.41) is 14.9. The number of carboxylic acids is 1. The molecular weight excluding hydrogens is 232 g/mol. The molecule has 0 saturated carbocycles. The van der Waals surface area contributed by atoms with Crippen LogP contribution in [0.5, 0.6) is 0 Å². The predicted molar refractivity (Wildman–Crippen MR) is 67.8 cm³/mol. The lowest BCUT2D eigenvalue weighted by Gasteiger charge is -2.14. The monoisotopic (exact) mass is 248 g/mol. The summed E-state index contributed by atoms with van der Waals surface area (Å²) in [6.07, 6.45) is 1.76. The second-order valence-electron chi connectivity index (χ2n) is 4.44. The largest absolute Gasteiger partial charge is 0.478 e. The Labute approximate surface area is 105 Å². The molecule has 1 amide bonds. The van der Waals surface area contributed by atoms with Gasteiger partial charge in [0, 0.05) is 0 Å². The van der Waals surface area contributed by atoms with Gasteiger partial charge in [0.05, 0.1) is 17.3 Å². The van der Waals surface area contributed by atoms with Crippen LogP contribution in [-0.4, -0.2) is 29.6 Å². The fourth-order valence-electron chi connectivity index (χ4n) is 2.18. The molecule has 96 valence electrons. The highest BCUT2D eigenvalue weighted by atomic mass is 16.4. The van der Waals surface area contributed by atoms with Crippen LogP contribution in [0.2, 0.25) is 0 Å². The third-order valence-electron chi connectivity index (χ3n) is 3.12. The minimum absolute atomic E-state index is 0.156. The fourth-order valence-corrected chi connectivity index (χ4v) is 2.18. The Morgan fingerprint density at radius 1 is 1.44 bits per heavy atom. The number of carbonyl (C=O) groups is 2. The number of anilines is 1. The Hall–Kier alpha value is -1.88. The molecule has 1 fully saturated rings. The number of aromatic carboxylic acids is 1. The lowest BCUT2D eigenvalue weighted by atomic mass is 10.1. The Bertz CT molecular complexity index is 479. The molecule has 5 nitrogen and oxygen atoms in total. The summed E-state index contributed by atoms with van der Waals surface area (Å²) < 4.78 is 0. The third-order valence-corrected chi connectivity index (χ3v) is 3.12. The number of carboxylic acid groups (broad SMARTS) is 1. The van der Waals surface area contributed by atoms with Crippen LogP contribution in [0.15, 0.2) is 18.2 Å². The molecule has 0 aliphatic carbocycles. The molecule has 1 unspecified atom stereocenters. The predicted octanol–water partition coefficient (Wildman–Crippen LogP) is 1.38. The first-order valence-electron chi connectivity index (χ1n) is 5.97. The second kappa shape index (κ2) is 5.18. The maximum absolute atomic E-state index is 11.9. The van der Waals surface area contributed by atoms with Gasteiger partial charge in [0.25, 0.3) is 0 Å². The highest BCUT2D eigenvalue weighted by Crippen LogP contribution is 2.20. The summed E-state index contributed by atoms with van der Waals surface area (Å²) in [7, 11) is 0. The topological polar surface area (TPSA) is 78.4 Å². The number of benzene rings is 1. The number of amides is 1. The molecular formula is C13H16N2O3. The molecule has 0 aromatic heterocycles. The second-order valence-corrected chi connectivity index (χ2v) is 4.44. The van der Waals surface area contributed by atoms with Gasteiger partial charge < -0.3 is 15.7 Å². The Kier molecular flexibility index (Phi) is 3.62. The highest BCUT2D eigenvalue weighted by molar-refractivity contribution is 6.03. The number of aryl methyl sites for hydroxylation is 1. The fraction of sp³-hybridized carbons (Fsp3) is 0.385. The Balaban J connectivity index is 2.20. The molecule has 1 heterocycles. The van der Waals surface area contributed by atoms with Crippen molar-refractivity contribution in [3.05, 3.63) is 29.3 Å². The van der Waals surface area contributed by atoms with Crippen LogP contribution in [0, 0.1) is 6.92 Å². The zero-order valence-electron chi connectivity index (χ0n) is 10.2. The van der Waals surface area contributed by atoms with Crippen molar-refractivity contribution in [3.8, 4) is 0 Å². The van der Waals surface area contributed by atoms with Crippen LogP contribution in [0.3, 0.4) is 0 Å². The van der Waals surface area contributed by atoms with Crippen molar-refractivity contribution in [1.82, 2.24) is 5.32 Å². The molecule has 1 saturated heterocycles. The molecule has 1 aliphatic rings. The van der Waals surface area contributed by atoms with Gasteiger partial charge in [0.15, 0.2) is 0 Å². The molecule has 0 bridgehead atoms. The lowest BCUT2D eigenvalue weighted by Crippen LogP contribution is -2.35. The lowest BCUT2D eigenvalue weighted by molar-refractivity contribution is -0.117. The first-order chi connectivity index (χ1) is 8.59. The maximum Gasteiger partial charge on any atom is 0.338 e. The van der Waals surface area contributed by atoms with Crippen molar-refractivity contribution >= 4 is 17.6 Å². The van der Waals surface area contributed by atoms with E-state index in [-0.39, 0.29) is 17.5 Å². The Morgan fingerprint density at radius 2 is 2.22 bits per heavy atom. The van der Waals surface area contributed by atoms with Gasteiger partial charge in [-0.2, -0.15) is 0 Å². The summed E-state index contributed by atoms with van der Waals surface area (Å²) in [6.45, 7) is 2.55. The highest BCUT2D eigenvalue weighted by Gasteiger charge is 2.23. The van der Waals surface area contributed by atoms with Crippen molar-refractivity contribution < 1.29 is 14.7 Å². The normalized spacial score (nSPS) is 18.6. The summed E-state index contributed by atoms with van der Waals surface area (Å²) in [5.74, 6) is -1.19. The van der Waals surface area contributed by atoms with Crippen LogP contribution >= 0.6 is 0 Å². The van der Waals surface area contributed by atoms with E-state index in [1.165, 1.54) is 0 Å². The molecule has 18 heavy (non-hydrogen) atoms. The third kappa shape index (κ3) is 2.51. The van der Waals surface area contributed by atoms with Crippen LogP contribution in [0.1, 0.15) is 28.8 Å². The van der Waals surface area contributed by atoms with Crippen molar-refractivity contribution in [2.45, 2.75) is 25.8 Å². The van der Waals surface area contributed by atoms with Gasteiger partial charge in [0.2, 0.25) is 5.91 Å². The van der Waals surface area contributed by atoms with E-state index in [9.17, 15) is 9.59 Å². The van der Waals surface area contributed by atoms with E-state index in [0.29, 0.717) is 11.3 Å². The number of carbonyl (C=O) groups excluding carboxylic acids is 1. The standard InChI is InChI=1S/C13H16N2O3/c1-8-4-2-5-9(11(8)13(17)18)15-12(16)10-6-3-7-14-10/h2,4-5,10,14H,3,6-7H2,1H3,(H,15,16)(H,17,18). The van der Waals surface area contributed by atoms with Crippen LogP contribution < -0.4 is 10.6 Å². The van der Waals surface area contributed by atoms with E-state index in [4.69, 9.17) is 5.11 Å². The zero-order valence-corrected chi connectivity index (χ0v) is 10.2. The van der Waals surface area contributed by atoms with E-state index in [0.717, 1.165) is 19.4 Å². The van der Waals surface area contributed by atoms with Crippen molar-refractivity contribution in [2.24, 2.45) is 0 Å². The summed E-state index contributed by atoms with van der Waals surface area (Å²) in [5.41, 5.74) is 1.16. The van der Waals surface area contributed by atoms with Gasteiger partial charge in [0.1, 0.15) is 0 Å². The van der Waals surface area contributed by atoms with E-state index in [1.54, 1.807) is 25.1 Å². The Morgan fingerprint density at radius 3 is 2.83 bits per heavy atom. The van der Waals surface area contributed by atoms with Crippen LogP contribution in [-0.2, 0) is 4.79 Å². The molecule has 5 heteroatoms. The van der Waals surface area contributed by atoms with Gasteiger partial charge in [-0.05, 0) is 37.9 Å². The number of hydrogen-bond acceptors (Lipinski definition) is 3. The minimum Gasteiger partial charge on any atom is -0.478 e. The van der Waals surface area contributed by atoms with E-state index >= 15 is 0 Å². The molecule has 0 radical (unpaired) electrons. The quantitative estimate of drug-likeness (QED) is 0.755. The SMILES string of the molecule is Cc1cccc(NC(=O)C2CCCN2)c1C(=O)O. The summed E-state index contributed by atoms with van der Waals surface area (Å²) in [6, 6.07) is 4.85. The number of hydrogen-bond donors (Lipinski definition) is 3. The molecule has 1 aromatic rings. The molecule has 1 aliphatic heterocycles. The molecule has 1 aromatic carbocycles. The molecule has 2 rings (SSSR count).